The summed E-state index contributed by atoms with van der Waals surface area (Å²) in [6.45, 7) is 0.984. The zero-order chi connectivity index (χ0) is 13.8. The third-order valence-electron chi connectivity index (χ3n) is 3.46. The lowest BCUT2D eigenvalue weighted by Crippen LogP contribution is -2.31. The van der Waals surface area contributed by atoms with Gasteiger partial charge in [0, 0.05) is 19.2 Å². The van der Waals surface area contributed by atoms with E-state index in [1.54, 1.807) is 6.20 Å². The van der Waals surface area contributed by atoms with E-state index >= 15 is 0 Å². The number of nitrogens with zero attached hydrogens (tertiary/aromatic N) is 2. The summed E-state index contributed by atoms with van der Waals surface area (Å²) >= 11 is 0. The van der Waals surface area contributed by atoms with Crippen molar-refractivity contribution in [1.29, 1.82) is 0 Å². The molecule has 0 radical (unpaired) electrons. The zero-order valence-corrected chi connectivity index (χ0v) is 11.0. The summed E-state index contributed by atoms with van der Waals surface area (Å²) in [5.74, 6) is -0.124. The minimum Gasteiger partial charge on any atom is -0.465 e. The number of anilines is 2. The number of carbonyl (C=O) groups is 1. The van der Waals surface area contributed by atoms with E-state index in [4.69, 9.17) is 15.6 Å². The van der Waals surface area contributed by atoms with Crippen molar-refractivity contribution in [3.63, 3.8) is 0 Å². The molecule has 0 saturated carbocycles. The van der Waals surface area contributed by atoms with Crippen LogP contribution in [0.4, 0.5) is 11.5 Å². The first-order valence-corrected chi connectivity index (χ1v) is 6.38. The lowest BCUT2D eigenvalue weighted by atomic mass is 10.1. The first kappa shape index (κ1) is 13.6. The number of esters is 1. The van der Waals surface area contributed by atoms with Gasteiger partial charge in [0.25, 0.3) is 0 Å². The molecule has 1 aromatic heterocycles. The summed E-state index contributed by atoms with van der Waals surface area (Å²) < 4.78 is 4.79. The summed E-state index contributed by atoms with van der Waals surface area (Å²) in [6.07, 6.45) is 4.34. The maximum atomic E-state index is 11.8. The molecule has 1 aliphatic rings. The van der Waals surface area contributed by atoms with E-state index in [0.717, 1.165) is 25.1 Å². The van der Waals surface area contributed by atoms with Crippen LogP contribution in [0.25, 0.3) is 0 Å². The molecule has 6 nitrogen and oxygen atoms in total. The van der Waals surface area contributed by atoms with E-state index < -0.39 is 5.97 Å². The molecule has 1 saturated heterocycles. The van der Waals surface area contributed by atoms with Crippen molar-refractivity contribution in [2.45, 2.75) is 25.3 Å². The van der Waals surface area contributed by atoms with Gasteiger partial charge in [0.2, 0.25) is 0 Å². The van der Waals surface area contributed by atoms with Gasteiger partial charge in [-0.25, -0.2) is 9.78 Å². The highest BCUT2D eigenvalue weighted by Crippen LogP contribution is 2.30. The summed E-state index contributed by atoms with van der Waals surface area (Å²) in [5, 5.41) is 9.11. The number of aliphatic hydroxyl groups excluding tert-OH is 1. The Hall–Kier alpha value is -1.82. The molecular formula is C13H19N3O3. The second kappa shape index (κ2) is 5.88. The number of nitrogen functional groups attached to an aromatic ring is 1. The third-order valence-corrected chi connectivity index (χ3v) is 3.46. The monoisotopic (exact) mass is 265 g/mol. The lowest BCUT2D eigenvalue weighted by Gasteiger charge is -2.27. The van der Waals surface area contributed by atoms with Gasteiger partial charge >= 0.3 is 5.97 Å². The lowest BCUT2D eigenvalue weighted by molar-refractivity contribution is 0.0601. The van der Waals surface area contributed by atoms with Crippen LogP contribution in [-0.2, 0) is 4.74 Å². The number of aliphatic hydroxyl groups is 1. The van der Waals surface area contributed by atoms with Gasteiger partial charge in [-0.3, -0.25) is 0 Å². The van der Waals surface area contributed by atoms with Crippen molar-refractivity contribution < 1.29 is 14.6 Å². The number of aromatic nitrogens is 1. The fourth-order valence-corrected chi connectivity index (χ4v) is 2.57. The van der Waals surface area contributed by atoms with Crippen LogP contribution in [0.5, 0.6) is 0 Å². The van der Waals surface area contributed by atoms with Crippen LogP contribution in [0.2, 0.25) is 0 Å². The van der Waals surface area contributed by atoms with Gasteiger partial charge in [-0.1, -0.05) is 0 Å². The van der Waals surface area contributed by atoms with Crippen molar-refractivity contribution in [3.05, 3.63) is 17.8 Å². The Kier molecular flexibility index (Phi) is 4.21. The van der Waals surface area contributed by atoms with Crippen molar-refractivity contribution in [2.75, 3.05) is 30.9 Å². The summed E-state index contributed by atoms with van der Waals surface area (Å²) in [7, 11) is 1.35. The molecule has 1 atom stereocenters. The number of hydrogen-bond acceptors (Lipinski definition) is 6. The maximum Gasteiger partial charge on any atom is 0.340 e. The highest BCUT2D eigenvalue weighted by atomic mass is 16.5. The van der Waals surface area contributed by atoms with Gasteiger partial charge in [-0.15, -0.1) is 0 Å². The van der Waals surface area contributed by atoms with Gasteiger partial charge in [0.05, 0.1) is 24.6 Å². The molecule has 0 bridgehead atoms. The third kappa shape index (κ3) is 2.78. The molecule has 0 amide bonds. The quantitative estimate of drug-likeness (QED) is 0.783. The Morgan fingerprint density at radius 1 is 1.68 bits per heavy atom. The van der Waals surface area contributed by atoms with E-state index in [9.17, 15) is 4.79 Å². The minimum atomic E-state index is -0.418. The summed E-state index contributed by atoms with van der Waals surface area (Å²) in [6, 6.07) is 1.77. The molecule has 0 aliphatic carbocycles. The molecule has 3 N–H and O–H groups in total. The molecule has 1 fully saturated rings. The Morgan fingerprint density at radius 2 is 2.47 bits per heavy atom. The van der Waals surface area contributed by atoms with E-state index in [-0.39, 0.29) is 12.6 Å². The number of hydrogen-bond donors (Lipinski definition) is 2. The molecule has 1 aromatic rings. The van der Waals surface area contributed by atoms with Crippen LogP contribution in [0.3, 0.4) is 0 Å². The predicted octanol–water partition coefficient (Wildman–Crippen LogP) is 0.802. The summed E-state index contributed by atoms with van der Waals surface area (Å²) in [4.78, 5) is 18.0. The second-order valence-corrected chi connectivity index (χ2v) is 4.62. The largest absolute Gasteiger partial charge is 0.465 e. The number of methoxy groups -OCH3 is 1. The van der Waals surface area contributed by atoms with Crippen molar-refractivity contribution in [3.8, 4) is 0 Å². The molecule has 0 aromatic carbocycles. The van der Waals surface area contributed by atoms with Gasteiger partial charge in [-0.2, -0.15) is 0 Å². The highest BCUT2D eigenvalue weighted by Gasteiger charge is 2.28. The number of rotatable bonds is 4. The average molecular weight is 265 g/mol. The fraction of sp³-hybridized carbons (Fsp3) is 0.538. The van der Waals surface area contributed by atoms with Crippen LogP contribution >= 0.6 is 0 Å². The Labute approximate surface area is 112 Å². The Balaban J connectivity index is 2.35. The average Bonchev–Trinajstić information content (AvgIpc) is 2.86. The molecule has 1 unspecified atom stereocenters. The van der Waals surface area contributed by atoms with E-state index in [0.29, 0.717) is 17.8 Å². The number of carbonyl (C=O) groups excluding carboxylic acids is 1. The number of pyridine rings is 1. The minimum absolute atomic E-state index is 0.136. The van der Waals surface area contributed by atoms with Crippen molar-refractivity contribution >= 4 is 17.5 Å². The van der Waals surface area contributed by atoms with E-state index in [1.165, 1.54) is 13.2 Å². The molecule has 0 spiro atoms. The second-order valence-electron chi connectivity index (χ2n) is 4.62. The highest BCUT2D eigenvalue weighted by molar-refractivity contribution is 5.96. The topological polar surface area (TPSA) is 88.7 Å². The van der Waals surface area contributed by atoms with E-state index in [2.05, 4.69) is 9.88 Å². The maximum absolute atomic E-state index is 11.8. The zero-order valence-electron chi connectivity index (χ0n) is 11.0. The van der Waals surface area contributed by atoms with Crippen LogP contribution in [0.1, 0.15) is 29.6 Å². The standard InChI is InChI=1S/C13H19N3O3/c1-19-13(18)10-7-12(14)15-8-11(10)16-5-2-3-9(16)4-6-17/h7-9,17H,2-6H2,1H3,(H2,14,15). The molecule has 2 rings (SSSR count). The normalized spacial score (nSPS) is 18.6. The first-order valence-electron chi connectivity index (χ1n) is 6.38. The number of nitrogens with two attached hydrogens (primary N) is 1. The van der Waals surface area contributed by atoms with Crippen LogP contribution in [0, 0.1) is 0 Å². The smallest absolute Gasteiger partial charge is 0.340 e. The molecular weight excluding hydrogens is 246 g/mol. The van der Waals surface area contributed by atoms with Crippen LogP contribution in [-0.4, -0.2) is 42.4 Å². The Bertz CT molecular complexity index is 464. The summed E-state index contributed by atoms with van der Waals surface area (Å²) in [5.41, 5.74) is 6.80. The Morgan fingerprint density at radius 3 is 3.16 bits per heavy atom. The predicted molar refractivity (Wildman–Crippen MR) is 72.1 cm³/mol. The van der Waals surface area contributed by atoms with Gasteiger partial charge < -0.3 is 20.5 Å². The van der Waals surface area contributed by atoms with Crippen molar-refractivity contribution in [1.82, 2.24) is 4.98 Å². The van der Waals surface area contributed by atoms with Gasteiger partial charge in [0.15, 0.2) is 0 Å². The SMILES string of the molecule is COC(=O)c1cc(N)ncc1N1CCCC1CCO. The van der Waals surface area contributed by atoms with Gasteiger partial charge in [-0.05, 0) is 25.3 Å². The molecule has 1 aliphatic heterocycles. The molecule has 6 heteroatoms. The fourth-order valence-electron chi connectivity index (χ4n) is 2.57. The molecule has 19 heavy (non-hydrogen) atoms. The number of ether oxygens (including phenoxy) is 1. The van der Waals surface area contributed by atoms with Gasteiger partial charge in [0.1, 0.15) is 5.82 Å². The van der Waals surface area contributed by atoms with Crippen LogP contribution < -0.4 is 10.6 Å². The first-order chi connectivity index (χ1) is 9.17. The van der Waals surface area contributed by atoms with Crippen LogP contribution in [0.15, 0.2) is 12.3 Å². The van der Waals surface area contributed by atoms with Crippen molar-refractivity contribution in [2.24, 2.45) is 0 Å². The van der Waals surface area contributed by atoms with E-state index in [1.807, 2.05) is 0 Å². The molecule has 104 valence electrons. The molecule has 2 heterocycles.